The summed E-state index contributed by atoms with van der Waals surface area (Å²) in [6, 6.07) is 15.3. The number of rotatable bonds is 5. The van der Waals surface area contributed by atoms with Gasteiger partial charge in [-0.3, -0.25) is 4.79 Å². The number of benzene rings is 2. The predicted octanol–water partition coefficient (Wildman–Crippen LogP) is 4.52. The van der Waals surface area contributed by atoms with E-state index in [0.717, 1.165) is 27.1 Å². The number of fused-ring (bicyclic) bond motifs is 1. The lowest BCUT2D eigenvalue weighted by atomic mass is 10.1. The Morgan fingerprint density at radius 1 is 1.04 bits per heavy atom. The molecule has 0 saturated heterocycles. The molecule has 1 N–H and O–H groups in total. The molecule has 2 aromatic carbocycles. The second kappa shape index (κ2) is 6.98. The number of aromatic nitrogens is 2. The van der Waals surface area contributed by atoms with Crippen molar-refractivity contribution in [3.8, 4) is 11.3 Å². The van der Waals surface area contributed by atoms with Gasteiger partial charge in [0.25, 0.3) is 0 Å². The summed E-state index contributed by atoms with van der Waals surface area (Å²) in [5.74, 6) is -0.346. The first-order chi connectivity index (χ1) is 11.1. The van der Waals surface area contributed by atoms with Gasteiger partial charge < -0.3 is 5.11 Å². The molecular weight excluding hydrogens is 332 g/mol. The van der Waals surface area contributed by atoms with Crippen molar-refractivity contribution in [3.63, 3.8) is 0 Å². The molecule has 4 nitrogen and oxygen atoms in total. The maximum absolute atomic E-state index is 10.7. The molecular formula is C17H13ClN2O2S. The van der Waals surface area contributed by atoms with Crippen LogP contribution in [0.1, 0.15) is 6.42 Å². The highest BCUT2D eigenvalue weighted by Crippen LogP contribution is 2.32. The molecule has 1 aromatic heterocycles. The molecule has 0 aliphatic heterocycles. The van der Waals surface area contributed by atoms with Crippen molar-refractivity contribution in [2.24, 2.45) is 0 Å². The van der Waals surface area contributed by atoms with Gasteiger partial charge in [0.1, 0.15) is 10.7 Å². The van der Waals surface area contributed by atoms with Crippen molar-refractivity contribution in [1.29, 1.82) is 0 Å². The maximum Gasteiger partial charge on any atom is 0.304 e. The summed E-state index contributed by atoms with van der Waals surface area (Å²) in [7, 11) is 0. The van der Waals surface area contributed by atoms with E-state index in [-0.39, 0.29) is 6.42 Å². The van der Waals surface area contributed by atoms with Crippen LogP contribution in [0.3, 0.4) is 0 Å². The molecule has 0 radical (unpaired) electrons. The quantitative estimate of drug-likeness (QED) is 0.689. The lowest BCUT2D eigenvalue weighted by Gasteiger charge is -2.09. The van der Waals surface area contributed by atoms with Crippen molar-refractivity contribution < 1.29 is 9.90 Å². The highest BCUT2D eigenvalue weighted by molar-refractivity contribution is 7.99. The Kier molecular flexibility index (Phi) is 4.79. The summed E-state index contributed by atoms with van der Waals surface area (Å²) in [5.41, 5.74) is 1.74. The number of nitrogens with zero attached hydrogens (tertiary/aromatic N) is 2. The first-order valence-electron chi connectivity index (χ1n) is 7.01. The Balaban J connectivity index is 2.02. The summed E-state index contributed by atoms with van der Waals surface area (Å²) >= 11 is 7.35. The Morgan fingerprint density at radius 3 is 2.43 bits per heavy atom. The molecule has 3 rings (SSSR count). The highest BCUT2D eigenvalue weighted by atomic mass is 35.5. The summed E-state index contributed by atoms with van der Waals surface area (Å²) in [4.78, 5) is 10.7. The van der Waals surface area contributed by atoms with Crippen molar-refractivity contribution in [2.75, 3.05) is 5.75 Å². The molecule has 0 aliphatic carbocycles. The second-order valence-electron chi connectivity index (χ2n) is 4.90. The molecule has 23 heavy (non-hydrogen) atoms. The Bertz CT molecular complexity index is 853. The first-order valence-corrected chi connectivity index (χ1v) is 8.37. The molecule has 1 heterocycles. The van der Waals surface area contributed by atoms with Crippen LogP contribution >= 0.6 is 23.4 Å². The van der Waals surface area contributed by atoms with Gasteiger partial charge in [0.2, 0.25) is 0 Å². The molecule has 0 bridgehead atoms. The van der Waals surface area contributed by atoms with E-state index < -0.39 is 5.97 Å². The molecule has 3 aromatic rings. The molecule has 116 valence electrons. The molecule has 0 amide bonds. The van der Waals surface area contributed by atoms with E-state index in [1.54, 1.807) is 0 Å². The van der Waals surface area contributed by atoms with Gasteiger partial charge in [-0.25, -0.2) is 0 Å². The third kappa shape index (κ3) is 3.63. The normalized spacial score (nSPS) is 10.8. The lowest BCUT2D eigenvalue weighted by Crippen LogP contribution is -1.98. The first kappa shape index (κ1) is 15.8. The zero-order valence-electron chi connectivity index (χ0n) is 12.1. The fourth-order valence-corrected chi connectivity index (χ4v) is 3.27. The Labute approximate surface area is 142 Å². The van der Waals surface area contributed by atoms with Crippen LogP contribution in [0.4, 0.5) is 0 Å². The molecule has 6 heteroatoms. The minimum Gasteiger partial charge on any atom is -0.481 e. The van der Waals surface area contributed by atoms with Gasteiger partial charge in [0, 0.05) is 27.1 Å². The fraction of sp³-hybridized carbons (Fsp3) is 0.118. The summed E-state index contributed by atoms with van der Waals surface area (Å²) < 4.78 is 0. The van der Waals surface area contributed by atoms with Crippen molar-refractivity contribution in [2.45, 2.75) is 11.4 Å². The number of halogens is 1. The van der Waals surface area contributed by atoms with E-state index in [4.69, 9.17) is 16.7 Å². The van der Waals surface area contributed by atoms with Gasteiger partial charge in [-0.2, -0.15) is 0 Å². The number of hydrogen-bond donors (Lipinski definition) is 1. The van der Waals surface area contributed by atoms with E-state index in [9.17, 15) is 4.79 Å². The van der Waals surface area contributed by atoms with Crippen LogP contribution in [0.5, 0.6) is 0 Å². The van der Waals surface area contributed by atoms with Crippen molar-refractivity contribution in [1.82, 2.24) is 10.2 Å². The standard InChI is InChI=1S/C17H13ClN2O2S/c18-12-7-5-11(6-8-12)16-13-3-1-2-4-14(13)17(20-19-16)23-10-9-15(21)22/h1-8H,9-10H2,(H,21,22). The van der Waals surface area contributed by atoms with Crippen LogP contribution in [-0.4, -0.2) is 27.0 Å². The third-order valence-electron chi connectivity index (χ3n) is 3.33. The average Bonchev–Trinajstić information content (AvgIpc) is 2.56. The fourth-order valence-electron chi connectivity index (χ4n) is 2.24. The van der Waals surface area contributed by atoms with Crippen LogP contribution in [-0.2, 0) is 4.79 Å². The number of thioether (sulfide) groups is 1. The van der Waals surface area contributed by atoms with Gasteiger partial charge in [-0.1, -0.05) is 48.0 Å². The van der Waals surface area contributed by atoms with Crippen LogP contribution in [0, 0.1) is 0 Å². The van der Waals surface area contributed by atoms with Crippen molar-refractivity contribution >= 4 is 40.1 Å². The minimum atomic E-state index is -0.812. The number of aliphatic carboxylic acids is 1. The molecule has 0 atom stereocenters. The van der Waals surface area contributed by atoms with Crippen LogP contribution in [0.25, 0.3) is 22.0 Å². The van der Waals surface area contributed by atoms with E-state index >= 15 is 0 Å². The molecule has 0 unspecified atom stereocenters. The van der Waals surface area contributed by atoms with E-state index in [1.165, 1.54) is 11.8 Å². The number of hydrogen-bond acceptors (Lipinski definition) is 4. The number of carboxylic acid groups (broad SMARTS) is 1. The predicted molar refractivity (Wildman–Crippen MR) is 93.0 cm³/mol. The molecule has 0 spiro atoms. The zero-order chi connectivity index (χ0) is 16.2. The van der Waals surface area contributed by atoms with Gasteiger partial charge in [0.15, 0.2) is 0 Å². The monoisotopic (exact) mass is 344 g/mol. The smallest absolute Gasteiger partial charge is 0.304 e. The zero-order valence-corrected chi connectivity index (χ0v) is 13.6. The minimum absolute atomic E-state index is 0.0968. The molecule has 0 aliphatic rings. The van der Waals surface area contributed by atoms with Gasteiger partial charge in [-0.05, 0) is 12.1 Å². The van der Waals surface area contributed by atoms with Crippen LogP contribution in [0.2, 0.25) is 5.02 Å². The topological polar surface area (TPSA) is 63.1 Å². The maximum atomic E-state index is 10.7. The largest absolute Gasteiger partial charge is 0.481 e. The number of carbonyl (C=O) groups is 1. The Morgan fingerprint density at radius 2 is 1.74 bits per heavy atom. The van der Waals surface area contributed by atoms with Gasteiger partial charge in [0.05, 0.1) is 6.42 Å². The second-order valence-corrected chi connectivity index (χ2v) is 6.42. The summed E-state index contributed by atoms with van der Waals surface area (Å²) in [6.45, 7) is 0. The summed E-state index contributed by atoms with van der Waals surface area (Å²) in [6.07, 6.45) is 0.0968. The molecule has 0 saturated carbocycles. The van der Waals surface area contributed by atoms with E-state index in [1.807, 2.05) is 48.5 Å². The van der Waals surface area contributed by atoms with Crippen LogP contribution in [0.15, 0.2) is 53.6 Å². The van der Waals surface area contributed by atoms with Gasteiger partial charge >= 0.3 is 5.97 Å². The average molecular weight is 345 g/mol. The third-order valence-corrected chi connectivity index (χ3v) is 4.56. The van der Waals surface area contributed by atoms with Gasteiger partial charge in [-0.15, -0.1) is 22.0 Å². The lowest BCUT2D eigenvalue weighted by molar-refractivity contribution is -0.136. The summed E-state index contributed by atoms with van der Waals surface area (Å²) in [5, 5.41) is 20.8. The van der Waals surface area contributed by atoms with E-state index in [0.29, 0.717) is 10.8 Å². The highest BCUT2D eigenvalue weighted by Gasteiger charge is 2.11. The van der Waals surface area contributed by atoms with Crippen molar-refractivity contribution in [3.05, 3.63) is 53.6 Å². The Hall–Kier alpha value is -2.11. The number of carboxylic acids is 1. The van der Waals surface area contributed by atoms with E-state index in [2.05, 4.69) is 10.2 Å². The van der Waals surface area contributed by atoms with Crippen LogP contribution < -0.4 is 0 Å². The SMILES string of the molecule is O=C(O)CCSc1nnc(-c2ccc(Cl)cc2)c2ccccc12. The molecule has 0 fully saturated rings.